The molecule has 88 valence electrons. The van der Waals surface area contributed by atoms with Crippen molar-refractivity contribution in [2.75, 3.05) is 31.1 Å². The molecule has 2 rings (SSSR count). The average molecular weight is 234 g/mol. The van der Waals surface area contributed by atoms with Gasteiger partial charge in [-0.3, -0.25) is 4.90 Å². The number of rotatable bonds is 3. The predicted octanol–water partition coefficient (Wildman–Crippen LogP) is -1.56. The molecule has 0 aliphatic carbocycles. The van der Waals surface area contributed by atoms with Crippen molar-refractivity contribution in [3.63, 3.8) is 0 Å². The molecule has 0 aromatic rings. The number of sulfone groups is 1. The maximum absolute atomic E-state index is 11.4. The van der Waals surface area contributed by atoms with Crippen molar-refractivity contribution >= 4 is 9.84 Å². The summed E-state index contributed by atoms with van der Waals surface area (Å²) in [6.45, 7) is 4.60. The molecule has 15 heavy (non-hydrogen) atoms. The Balaban J connectivity index is 2.08. The summed E-state index contributed by atoms with van der Waals surface area (Å²) >= 11 is 0. The van der Waals surface area contributed by atoms with Gasteiger partial charge >= 0.3 is 0 Å². The van der Waals surface area contributed by atoms with Crippen LogP contribution in [-0.2, 0) is 9.84 Å². The van der Waals surface area contributed by atoms with Gasteiger partial charge in [-0.2, -0.15) is 0 Å². The van der Waals surface area contributed by atoms with Gasteiger partial charge in [-0.05, 0) is 6.54 Å². The Kier molecular flexibility index (Phi) is 3.03. The molecular formula is C9H18N2O3S. The van der Waals surface area contributed by atoms with Crippen LogP contribution in [0.5, 0.6) is 0 Å². The smallest absolute Gasteiger partial charge is 0.154 e. The quantitative estimate of drug-likeness (QED) is 0.618. The Morgan fingerprint density at radius 3 is 2.40 bits per heavy atom. The highest BCUT2D eigenvalue weighted by Gasteiger charge is 2.42. The fourth-order valence-electron chi connectivity index (χ4n) is 2.40. The second-order valence-corrected chi connectivity index (χ2v) is 6.51. The molecular weight excluding hydrogens is 216 g/mol. The number of aliphatic hydroxyl groups is 1. The fraction of sp³-hybridized carbons (Fsp3) is 1.00. The molecule has 2 saturated heterocycles. The number of nitrogens with zero attached hydrogens (tertiary/aromatic N) is 1. The number of aliphatic hydroxyl groups excluding tert-OH is 1. The zero-order valence-electron chi connectivity index (χ0n) is 8.89. The SMILES string of the molecule is CCN(C1CNC1)[C@@H]1CS(=O)(=O)C[C@H]1O. The number of likely N-dealkylation sites (N-methyl/N-ethyl adjacent to an activating group) is 1. The second kappa shape index (κ2) is 4.01. The first-order valence-corrected chi connectivity index (χ1v) is 7.20. The van der Waals surface area contributed by atoms with Gasteiger partial charge < -0.3 is 10.4 Å². The van der Waals surface area contributed by atoms with Crippen LogP contribution in [0.3, 0.4) is 0 Å². The lowest BCUT2D eigenvalue weighted by atomic mass is 10.1. The molecule has 0 unspecified atom stereocenters. The Morgan fingerprint density at radius 1 is 1.40 bits per heavy atom. The highest BCUT2D eigenvalue weighted by molar-refractivity contribution is 7.91. The van der Waals surface area contributed by atoms with Gasteiger partial charge in [0.05, 0.1) is 23.7 Å². The molecule has 2 aliphatic rings. The van der Waals surface area contributed by atoms with Crippen LogP contribution in [0.15, 0.2) is 0 Å². The Hall–Kier alpha value is -0.170. The topological polar surface area (TPSA) is 69.6 Å². The summed E-state index contributed by atoms with van der Waals surface area (Å²) in [5.41, 5.74) is 0. The number of hydrogen-bond donors (Lipinski definition) is 2. The first-order chi connectivity index (χ1) is 7.03. The third-order valence-corrected chi connectivity index (χ3v) is 5.01. The van der Waals surface area contributed by atoms with E-state index in [1.54, 1.807) is 0 Å². The monoisotopic (exact) mass is 234 g/mol. The van der Waals surface area contributed by atoms with Crippen molar-refractivity contribution < 1.29 is 13.5 Å². The molecule has 2 aliphatic heterocycles. The van der Waals surface area contributed by atoms with Crippen LogP contribution >= 0.6 is 0 Å². The van der Waals surface area contributed by atoms with Crippen molar-refractivity contribution in [2.45, 2.75) is 25.1 Å². The van der Waals surface area contributed by atoms with Crippen LogP contribution in [0.2, 0.25) is 0 Å². The average Bonchev–Trinajstić information content (AvgIpc) is 2.32. The summed E-state index contributed by atoms with van der Waals surface area (Å²) in [5.74, 6) is 0.0345. The summed E-state index contributed by atoms with van der Waals surface area (Å²) in [7, 11) is -3.03. The van der Waals surface area contributed by atoms with E-state index < -0.39 is 15.9 Å². The van der Waals surface area contributed by atoms with E-state index in [9.17, 15) is 13.5 Å². The second-order valence-electron chi connectivity index (χ2n) is 4.35. The van der Waals surface area contributed by atoms with Gasteiger partial charge in [-0.1, -0.05) is 6.92 Å². The molecule has 0 aromatic heterocycles. The molecule has 2 atom stereocenters. The molecule has 0 spiro atoms. The minimum absolute atomic E-state index is 0.0751. The summed E-state index contributed by atoms with van der Waals surface area (Å²) in [6.07, 6.45) is -0.712. The Labute approximate surface area is 90.4 Å². The fourth-order valence-corrected chi connectivity index (χ4v) is 4.21. The molecule has 2 N–H and O–H groups in total. The van der Waals surface area contributed by atoms with E-state index in [1.807, 2.05) is 6.92 Å². The Morgan fingerprint density at radius 2 is 2.07 bits per heavy atom. The molecule has 0 saturated carbocycles. The van der Waals surface area contributed by atoms with E-state index in [0.29, 0.717) is 6.04 Å². The van der Waals surface area contributed by atoms with Gasteiger partial charge in [0.2, 0.25) is 0 Å². The number of nitrogens with one attached hydrogen (secondary N) is 1. The van der Waals surface area contributed by atoms with Gasteiger partial charge in [-0.25, -0.2) is 8.42 Å². The highest BCUT2D eigenvalue weighted by atomic mass is 32.2. The molecule has 2 heterocycles. The van der Waals surface area contributed by atoms with Crippen LogP contribution in [0, 0.1) is 0 Å². The lowest BCUT2D eigenvalue weighted by molar-refractivity contribution is 0.0398. The maximum Gasteiger partial charge on any atom is 0.154 e. The standard InChI is InChI=1S/C9H18N2O3S/c1-2-11(7-3-10-4-7)8-5-15(13,14)6-9(8)12/h7-10,12H,2-6H2,1H3/t8-,9-/m1/s1. The normalized spacial score (nSPS) is 35.7. The van der Waals surface area contributed by atoms with E-state index in [1.165, 1.54) is 0 Å². The zero-order valence-corrected chi connectivity index (χ0v) is 9.70. The van der Waals surface area contributed by atoms with Crippen molar-refractivity contribution in [1.82, 2.24) is 10.2 Å². The van der Waals surface area contributed by atoms with Gasteiger partial charge in [0, 0.05) is 19.1 Å². The van der Waals surface area contributed by atoms with Crippen LogP contribution in [0.4, 0.5) is 0 Å². The first-order valence-electron chi connectivity index (χ1n) is 5.38. The van der Waals surface area contributed by atoms with Crippen molar-refractivity contribution in [3.05, 3.63) is 0 Å². The molecule has 2 fully saturated rings. The predicted molar refractivity (Wildman–Crippen MR) is 57.5 cm³/mol. The van der Waals surface area contributed by atoms with Crippen LogP contribution in [0.1, 0.15) is 6.92 Å². The van der Waals surface area contributed by atoms with Gasteiger partial charge in [-0.15, -0.1) is 0 Å². The molecule has 6 heteroatoms. The van der Waals surface area contributed by atoms with Gasteiger partial charge in [0.1, 0.15) is 0 Å². The summed E-state index contributed by atoms with van der Waals surface area (Å²) < 4.78 is 22.8. The van der Waals surface area contributed by atoms with E-state index in [0.717, 1.165) is 19.6 Å². The largest absolute Gasteiger partial charge is 0.390 e. The van der Waals surface area contributed by atoms with Crippen LogP contribution in [0.25, 0.3) is 0 Å². The molecule has 0 bridgehead atoms. The minimum Gasteiger partial charge on any atom is -0.390 e. The molecule has 5 nitrogen and oxygen atoms in total. The van der Waals surface area contributed by atoms with Gasteiger partial charge in [0.15, 0.2) is 9.84 Å². The van der Waals surface area contributed by atoms with Crippen molar-refractivity contribution in [3.8, 4) is 0 Å². The molecule has 0 amide bonds. The number of hydrogen-bond acceptors (Lipinski definition) is 5. The lowest BCUT2D eigenvalue weighted by Crippen LogP contribution is -2.61. The third-order valence-electron chi connectivity index (χ3n) is 3.31. The first kappa shape index (κ1) is 11.3. The lowest BCUT2D eigenvalue weighted by Gasteiger charge is -2.41. The molecule has 0 aromatic carbocycles. The summed E-state index contributed by atoms with van der Waals surface area (Å²) in [4.78, 5) is 2.12. The highest BCUT2D eigenvalue weighted by Crippen LogP contribution is 2.21. The molecule has 0 radical (unpaired) electrons. The Bertz CT molecular complexity index is 326. The zero-order chi connectivity index (χ0) is 11.1. The van der Waals surface area contributed by atoms with E-state index >= 15 is 0 Å². The van der Waals surface area contributed by atoms with Crippen LogP contribution in [-0.4, -0.2) is 67.8 Å². The third kappa shape index (κ3) is 2.18. The summed E-state index contributed by atoms with van der Waals surface area (Å²) in [5, 5.41) is 12.9. The minimum atomic E-state index is -3.03. The van der Waals surface area contributed by atoms with Crippen molar-refractivity contribution in [2.24, 2.45) is 0 Å². The van der Waals surface area contributed by atoms with E-state index in [2.05, 4.69) is 10.2 Å². The van der Waals surface area contributed by atoms with Gasteiger partial charge in [0.25, 0.3) is 0 Å². The maximum atomic E-state index is 11.4. The van der Waals surface area contributed by atoms with Crippen LogP contribution < -0.4 is 5.32 Å². The summed E-state index contributed by atoms with van der Waals surface area (Å²) in [6, 6.07) is 0.190. The van der Waals surface area contributed by atoms with Crippen molar-refractivity contribution in [1.29, 1.82) is 0 Å². The van der Waals surface area contributed by atoms with E-state index in [-0.39, 0.29) is 17.5 Å². The van der Waals surface area contributed by atoms with E-state index in [4.69, 9.17) is 0 Å².